The molecule has 124 valence electrons. The minimum Gasteiger partial charge on any atom is -0.465 e. The molecular formula is C16H19F2N3O2. The highest BCUT2D eigenvalue weighted by Crippen LogP contribution is 2.41. The molecule has 5 nitrogen and oxygen atoms in total. The van der Waals surface area contributed by atoms with Gasteiger partial charge in [-0.15, -0.1) is 0 Å². The van der Waals surface area contributed by atoms with Crippen LogP contribution in [0.5, 0.6) is 0 Å². The van der Waals surface area contributed by atoms with Gasteiger partial charge in [0.05, 0.1) is 17.2 Å². The second-order valence-electron chi connectivity index (χ2n) is 6.67. The van der Waals surface area contributed by atoms with Gasteiger partial charge in [0, 0.05) is 17.6 Å². The van der Waals surface area contributed by atoms with Crippen molar-refractivity contribution in [2.24, 2.45) is 0 Å². The smallest absolute Gasteiger partial charge is 0.408 e. The van der Waals surface area contributed by atoms with Crippen molar-refractivity contribution in [1.29, 1.82) is 5.26 Å². The van der Waals surface area contributed by atoms with Crippen LogP contribution in [0.3, 0.4) is 0 Å². The van der Waals surface area contributed by atoms with E-state index in [0.29, 0.717) is 13.0 Å². The second kappa shape index (κ2) is 5.78. The molecule has 1 saturated heterocycles. The van der Waals surface area contributed by atoms with Gasteiger partial charge in [-0.3, -0.25) is 4.90 Å². The third-order valence-electron chi connectivity index (χ3n) is 4.11. The molecule has 1 aromatic rings. The molecule has 1 fully saturated rings. The maximum absolute atomic E-state index is 13.8. The molecule has 1 amide bonds. The Morgan fingerprint density at radius 2 is 2.00 bits per heavy atom. The van der Waals surface area contributed by atoms with Crippen LogP contribution in [-0.2, 0) is 5.54 Å². The van der Waals surface area contributed by atoms with Gasteiger partial charge < -0.3 is 10.4 Å². The average Bonchev–Trinajstić information content (AvgIpc) is 2.89. The summed E-state index contributed by atoms with van der Waals surface area (Å²) in [6, 6.07) is 3.63. The Kier molecular flexibility index (Phi) is 4.31. The zero-order valence-corrected chi connectivity index (χ0v) is 13.3. The Balaban J connectivity index is 2.75. The van der Waals surface area contributed by atoms with E-state index in [9.17, 15) is 23.9 Å². The highest BCUT2D eigenvalue weighted by atomic mass is 19.2. The Morgan fingerprint density at radius 3 is 2.43 bits per heavy atom. The molecule has 0 spiro atoms. The number of rotatable bonds is 2. The number of carbonyl (C=O) groups is 1. The van der Waals surface area contributed by atoms with E-state index in [1.54, 1.807) is 20.8 Å². The summed E-state index contributed by atoms with van der Waals surface area (Å²) in [5.41, 5.74) is -1.76. The minimum absolute atomic E-state index is 0.0527. The molecule has 1 aliphatic rings. The summed E-state index contributed by atoms with van der Waals surface area (Å²) >= 11 is 0. The van der Waals surface area contributed by atoms with Gasteiger partial charge >= 0.3 is 6.09 Å². The van der Waals surface area contributed by atoms with Crippen LogP contribution < -0.4 is 5.32 Å². The van der Waals surface area contributed by atoms with Gasteiger partial charge in [-0.1, -0.05) is 0 Å². The van der Waals surface area contributed by atoms with Gasteiger partial charge in [-0.2, -0.15) is 5.26 Å². The zero-order valence-electron chi connectivity index (χ0n) is 13.3. The molecule has 0 bridgehead atoms. The Hall–Kier alpha value is -2.20. The molecule has 0 saturated carbocycles. The van der Waals surface area contributed by atoms with Crippen molar-refractivity contribution in [2.75, 3.05) is 13.1 Å². The largest absolute Gasteiger partial charge is 0.465 e. The fourth-order valence-corrected chi connectivity index (χ4v) is 3.36. The average molecular weight is 323 g/mol. The lowest BCUT2D eigenvalue weighted by Crippen LogP contribution is -2.59. The first-order valence-corrected chi connectivity index (χ1v) is 7.27. The molecular weight excluding hydrogens is 304 g/mol. The number of hydrogen-bond acceptors (Lipinski definition) is 3. The Labute approximate surface area is 133 Å². The fraction of sp³-hybridized carbons (Fsp3) is 0.500. The van der Waals surface area contributed by atoms with E-state index in [1.807, 2.05) is 6.07 Å². The van der Waals surface area contributed by atoms with Crippen LogP contribution in [0, 0.1) is 23.0 Å². The molecule has 2 N–H and O–H groups in total. The van der Waals surface area contributed by atoms with E-state index in [1.165, 1.54) is 4.90 Å². The third-order valence-corrected chi connectivity index (χ3v) is 4.11. The molecule has 7 heteroatoms. The van der Waals surface area contributed by atoms with Crippen molar-refractivity contribution >= 4 is 6.09 Å². The van der Waals surface area contributed by atoms with E-state index >= 15 is 0 Å². The van der Waals surface area contributed by atoms with Gasteiger partial charge in [0.2, 0.25) is 0 Å². The normalized spacial score (nSPS) is 21.0. The summed E-state index contributed by atoms with van der Waals surface area (Å²) in [5, 5.41) is 22.1. The third kappa shape index (κ3) is 2.86. The van der Waals surface area contributed by atoms with Gasteiger partial charge in [-0.25, -0.2) is 13.6 Å². The molecule has 1 aromatic carbocycles. The minimum atomic E-state index is -1.17. The number of amides is 1. The quantitative estimate of drug-likeness (QED) is 0.877. The van der Waals surface area contributed by atoms with Crippen molar-refractivity contribution in [3.63, 3.8) is 0 Å². The summed E-state index contributed by atoms with van der Waals surface area (Å²) < 4.78 is 27.3. The maximum Gasteiger partial charge on any atom is 0.408 e. The first-order valence-electron chi connectivity index (χ1n) is 7.27. The van der Waals surface area contributed by atoms with Crippen LogP contribution in [0.15, 0.2) is 12.1 Å². The second-order valence-corrected chi connectivity index (χ2v) is 6.67. The van der Waals surface area contributed by atoms with E-state index in [-0.39, 0.29) is 17.7 Å². The van der Waals surface area contributed by atoms with Crippen molar-refractivity contribution in [3.8, 4) is 6.07 Å². The van der Waals surface area contributed by atoms with Crippen LogP contribution in [0.1, 0.15) is 38.3 Å². The van der Waals surface area contributed by atoms with Crippen molar-refractivity contribution in [3.05, 3.63) is 34.9 Å². The molecule has 0 aromatic heterocycles. The number of halogens is 2. The van der Waals surface area contributed by atoms with Gasteiger partial charge in [-0.05, 0) is 45.9 Å². The Bertz CT molecular complexity index is 671. The van der Waals surface area contributed by atoms with E-state index in [2.05, 4.69) is 5.32 Å². The molecule has 2 rings (SSSR count). The molecule has 23 heavy (non-hydrogen) atoms. The van der Waals surface area contributed by atoms with Gasteiger partial charge in [0.25, 0.3) is 0 Å². The topological polar surface area (TPSA) is 76.4 Å². The SMILES string of the molecule is CC(C)(C)N(C(=O)O)[C@]1(c2cc(F)c(F)cc2C#N)CCNC1. The van der Waals surface area contributed by atoms with E-state index in [4.69, 9.17) is 0 Å². The summed E-state index contributed by atoms with van der Waals surface area (Å²) in [4.78, 5) is 13.1. The van der Waals surface area contributed by atoms with Crippen LogP contribution in [-0.4, -0.2) is 34.7 Å². The number of carboxylic acid groups (broad SMARTS) is 1. The molecule has 0 unspecified atom stereocenters. The van der Waals surface area contributed by atoms with Crippen molar-refractivity contribution < 1.29 is 18.7 Å². The number of benzene rings is 1. The zero-order chi connectivity index (χ0) is 17.4. The standard InChI is InChI=1S/C16H19F2N3O2/c1-15(2,3)21(14(22)23)16(4-5-20-9-16)11-7-13(18)12(17)6-10(11)8-19/h6-7,20H,4-5,9H2,1-3H3,(H,22,23)/t16-/m1/s1. The molecule has 1 atom stereocenters. The van der Waals surface area contributed by atoms with Crippen LogP contribution in [0.4, 0.5) is 13.6 Å². The van der Waals surface area contributed by atoms with Crippen LogP contribution in [0.2, 0.25) is 0 Å². The number of nitriles is 1. The van der Waals surface area contributed by atoms with Crippen LogP contribution >= 0.6 is 0 Å². The van der Waals surface area contributed by atoms with Crippen molar-refractivity contribution in [1.82, 2.24) is 10.2 Å². The van der Waals surface area contributed by atoms with E-state index in [0.717, 1.165) is 12.1 Å². The lowest BCUT2D eigenvalue weighted by Gasteiger charge is -2.47. The molecule has 1 heterocycles. The molecule has 0 radical (unpaired) electrons. The predicted octanol–water partition coefficient (Wildman–Crippen LogP) is 2.80. The highest BCUT2D eigenvalue weighted by molar-refractivity contribution is 5.68. The Morgan fingerprint density at radius 1 is 1.39 bits per heavy atom. The lowest BCUT2D eigenvalue weighted by molar-refractivity contribution is 0.0221. The number of hydrogen-bond donors (Lipinski definition) is 2. The van der Waals surface area contributed by atoms with Crippen molar-refractivity contribution in [2.45, 2.75) is 38.3 Å². The lowest BCUT2D eigenvalue weighted by atomic mass is 9.81. The fourth-order valence-electron chi connectivity index (χ4n) is 3.36. The molecule has 1 aliphatic heterocycles. The summed E-state index contributed by atoms with van der Waals surface area (Å²) in [7, 11) is 0. The van der Waals surface area contributed by atoms with Gasteiger partial charge in [0.15, 0.2) is 11.6 Å². The van der Waals surface area contributed by atoms with Gasteiger partial charge in [0.1, 0.15) is 0 Å². The van der Waals surface area contributed by atoms with E-state index < -0.39 is 28.8 Å². The summed E-state index contributed by atoms with van der Waals surface area (Å²) in [5.74, 6) is -2.21. The molecule has 0 aliphatic carbocycles. The number of nitrogens with one attached hydrogen (secondary N) is 1. The first-order chi connectivity index (χ1) is 10.6. The van der Waals surface area contributed by atoms with Crippen LogP contribution in [0.25, 0.3) is 0 Å². The monoisotopic (exact) mass is 323 g/mol. The number of nitrogens with zero attached hydrogens (tertiary/aromatic N) is 2. The predicted molar refractivity (Wildman–Crippen MR) is 79.9 cm³/mol. The highest BCUT2D eigenvalue weighted by Gasteiger charge is 2.49. The summed E-state index contributed by atoms with van der Waals surface area (Å²) in [6.45, 7) is 5.94. The summed E-state index contributed by atoms with van der Waals surface area (Å²) in [6.07, 6.45) is -0.800. The maximum atomic E-state index is 13.8. The first kappa shape index (κ1) is 17.2.